The maximum absolute atomic E-state index is 6.11. The predicted octanol–water partition coefficient (Wildman–Crippen LogP) is 1.78. The van der Waals surface area contributed by atoms with Crippen molar-refractivity contribution in [2.45, 2.75) is 38.9 Å². The molecule has 0 unspecified atom stereocenters. The molecular formula is C21H30BN5O2. The fraction of sp³-hybridized carbons (Fsp3) is 0.524. The Morgan fingerprint density at radius 1 is 0.966 bits per heavy atom. The summed E-state index contributed by atoms with van der Waals surface area (Å²) in [7, 11) is 1.54. The van der Waals surface area contributed by atoms with E-state index in [-0.39, 0.29) is 0 Å². The Balaban J connectivity index is 1.56. The second-order valence-electron chi connectivity index (χ2n) is 8.95. The van der Waals surface area contributed by atoms with Gasteiger partial charge in [0.05, 0.1) is 23.1 Å². The highest BCUT2D eigenvalue weighted by Gasteiger charge is 2.53. The Bertz CT molecular complexity index is 863. The van der Waals surface area contributed by atoms with E-state index < -0.39 is 18.3 Å². The molecular weight excluding hydrogens is 365 g/mol. The molecule has 4 rings (SSSR count). The van der Waals surface area contributed by atoms with E-state index in [1.165, 1.54) is 5.69 Å². The van der Waals surface area contributed by atoms with Crippen LogP contribution in [0.3, 0.4) is 0 Å². The molecule has 2 fully saturated rings. The number of likely N-dealkylation sites (N-methyl/N-ethyl adjacent to an activating group) is 1. The van der Waals surface area contributed by atoms with E-state index in [1.54, 1.807) is 6.20 Å². The van der Waals surface area contributed by atoms with E-state index in [0.717, 1.165) is 37.4 Å². The number of nitrogens with two attached hydrogens (primary N) is 1. The molecule has 0 saturated carbocycles. The molecule has 1 aromatic heterocycles. The van der Waals surface area contributed by atoms with Gasteiger partial charge in [0, 0.05) is 37.4 Å². The topological polar surface area (TPSA) is 76.7 Å². The fourth-order valence-electron chi connectivity index (χ4n) is 3.59. The summed E-state index contributed by atoms with van der Waals surface area (Å²) in [6.07, 6.45) is 1.70. The van der Waals surface area contributed by atoms with Gasteiger partial charge in [0.1, 0.15) is 11.4 Å². The van der Waals surface area contributed by atoms with E-state index in [9.17, 15) is 0 Å². The molecule has 2 aliphatic heterocycles. The summed E-state index contributed by atoms with van der Waals surface area (Å²) in [5.74, 6) is 0.335. The second-order valence-corrected chi connectivity index (χ2v) is 8.95. The molecule has 8 heteroatoms. The number of benzene rings is 1. The minimum absolute atomic E-state index is 0.335. The Kier molecular flexibility index (Phi) is 5.05. The molecule has 7 nitrogen and oxygen atoms in total. The Hall–Kier alpha value is -2.16. The van der Waals surface area contributed by atoms with E-state index in [2.05, 4.69) is 46.1 Å². The van der Waals surface area contributed by atoms with E-state index in [4.69, 9.17) is 20.0 Å². The first-order valence-corrected chi connectivity index (χ1v) is 10.2. The lowest BCUT2D eigenvalue weighted by molar-refractivity contribution is 0.00578. The lowest BCUT2D eigenvalue weighted by Gasteiger charge is -2.34. The van der Waals surface area contributed by atoms with Crippen LogP contribution in [-0.4, -0.2) is 66.4 Å². The quantitative estimate of drug-likeness (QED) is 0.794. The molecule has 1 aromatic carbocycles. The third-order valence-corrected chi connectivity index (χ3v) is 6.34. The van der Waals surface area contributed by atoms with Crippen LogP contribution in [0.1, 0.15) is 27.7 Å². The standard InChI is InChI=1S/C21H30BN5O2/c1-20(2)21(3,4)29-22(28-20)18-19(23)24-14-17(25-18)15-6-8-16(9-7-15)27-12-10-26(5)11-13-27/h6-9,14H,10-13H2,1-5H3,(H2,23,24). The van der Waals surface area contributed by atoms with Crippen LogP contribution in [0.4, 0.5) is 11.5 Å². The van der Waals surface area contributed by atoms with Crippen molar-refractivity contribution in [3.05, 3.63) is 30.5 Å². The van der Waals surface area contributed by atoms with Gasteiger partial charge >= 0.3 is 7.12 Å². The number of nitrogens with zero attached hydrogens (tertiary/aromatic N) is 4. The number of anilines is 2. The lowest BCUT2D eigenvalue weighted by Crippen LogP contribution is -2.44. The Morgan fingerprint density at radius 3 is 2.14 bits per heavy atom. The zero-order valence-electron chi connectivity index (χ0n) is 18.0. The number of rotatable bonds is 3. The summed E-state index contributed by atoms with van der Waals surface area (Å²) in [5, 5.41) is 0. The summed E-state index contributed by atoms with van der Waals surface area (Å²) in [6, 6.07) is 8.46. The summed E-state index contributed by atoms with van der Waals surface area (Å²) < 4.78 is 12.2. The molecule has 0 atom stereocenters. The summed E-state index contributed by atoms with van der Waals surface area (Å²) in [6.45, 7) is 12.3. The number of hydrogen-bond donors (Lipinski definition) is 1. The van der Waals surface area contributed by atoms with Gasteiger partial charge in [-0.25, -0.2) is 4.98 Å². The minimum atomic E-state index is -0.628. The van der Waals surface area contributed by atoms with E-state index >= 15 is 0 Å². The number of nitrogen functional groups attached to an aromatic ring is 1. The van der Waals surface area contributed by atoms with Gasteiger partial charge in [-0.2, -0.15) is 0 Å². The van der Waals surface area contributed by atoms with Crippen molar-refractivity contribution in [1.82, 2.24) is 14.9 Å². The molecule has 0 amide bonds. The van der Waals surface area contributed by atoms with Crippen LogP contribution in [0.25, 0.3) is 11.3 Å². The van der Waals surface area contributed by atoms with Crippen molar-refractivity contribution in [2.75, 3.05) is 43.9 Å². The van der Waals surface area contributed by atoms with Gasteiger partial charge in [-0.3, -0.25) is 4.98 Å². The van der Waals surface area contributed by atoms with Crippen LogP contribution in [-0.2, 0) is 9.31 Å². The van der Waals surface area contributed by atoms with E-state index in [1.807, 2.05) is 27.7 Å². The van der Waals surface area contributed by atoms with Crippen molar-refractivity contribution in [1.29, 1.82) is 0 Å². The zero-order valence-corrected chi connectivity index (χ0v) is 18.0. The van der Waals surface area contributed by atoms with Crippen LogP contribution in [0.15, 0.2) is 30.5 Å². The van der Waals surface area contributed by atoms with Crippen molar-refractivity contribution in [2.24, 2.45) is 0 Å². The molecule has 154 valence electrons. The third-order valence-electron chi connectivity index (χ3n) is 6.34. The zero-order chi connectivity index (χ0) is 20.8. The molecule has 2 aliphatic rings. The van der Waals surface area contributed by atoms with Crippen molar-refractivity contribution >= 4 is 24.2 Å². The van der Waals surface area contributed by atoms with Crippen LogP contribution in [0.2, 0.25) is 0 Å². The average Bonchev–Trinajstić information content (AvgIpc) is 2.90. The number of aromatic nitrogens is 2. The molecule has 2 aromatic rings. The van der Waals surface area contributed by atoms with Gasteiger partial charge in [0.25, 0.3) is 0 Å². The van der Waals surface area contributed by atoms with Crippen molar-refractivity contribution in [3.8, 4) is 11.3 Å². The molecule has 2 saturated heterocycles. The molecule has 0 aliphatic carbocycles. The SMILES string of the molecule is CN1CCN(c2ccc(-c3cnc(N)c(B4OC(C)(C)C(C)(C)O4)n3)cc2)CC1. The van der Waals surface area contributed by atoms with Crippen LogP contribution in [0, 0.1) is 0 Å². The highest BCUT2D eigenvalue weighted by atomic mass is 16.7. The molecule has 2 N–H and O–H groups in total. The van der Waals surface area contributed by atoms with Gasteiger partial charge in [-0.05, 0) is 46.9 Å². The third kappa shape index (κ3) is 3.84. The molecule has 3 heterocycles. The molecule has 0 bridgehead atoms. The first kappa shape index (κ1) is 20.1. The predicted molar refractivity (Wildman–Crippen MR) is 117 cm³/mol. The van der Waals surface area contributed by atoms with E-state index in [0.29, 0.717) is 11.4 Å². The number of hydrogen-bond acceptors (Lipinski definition) is 7. The minimum Gasteiger partial charge on any atom is -0.398 e. The highest BCUT2D eigenvalue weighted by molar-refractivity contribution is 6.62. The first-order valence-electron chi connectivity index (χ1n) is 10.2. The first-order chi connectivity index (χ1) is 13.7. The van der Waals surface area contributed by atoms with Gasteiger partial charge in [-0.1, -0.05) is 12.1 Å². The number of piperazine rings is 1. The fourth-order valence-corrected chi connectivity index (χ4v) is 3.59. The smallest absolute Gasteiger partial charge is 0.398 e. The molecule has 29 heavy (non-hydrogen) atoms. The maximum atomic E-state index is 6.11. The van der Waals surface area contributed by atoms with Gasteiger partial charge in [-0.15, -0.1) is 0 Å². The summed E-state index contributed by atoms with van der Waals surface area (Å²) in [5.41, 5.74) is 8.72. The van der Waals surface area contributed by atoms with Gasteiger partial charge in [0.15, 0.2) is 0 Å². The normalized spacial score (nSPS) is 21.6. The maximum Gasteiger partial charge on any atom is 0.518 e. The Labute approximate surface area is 173 Å². The average molecular weight is 395 g/mol. The highest BCUT2D eigenvalue weighted by Crippen LogP contribution is 2.36. The van der Waals surface area contributed by atoms with Crippen molar-refractivity contribution in [3.63, 3.8) is 0 Å². The second kappa shape index (κ2) is 7.27. The Morgan fingerprint density at radius 2 is 1.55 bits per heavy atom. The molecule has 0 radical (unpaired) electrons. The lowest BCUT2D eigenvalue weighted by atomic mass is 9.84. The van der Waals surface area contributed by atoms with Crippen LogP contribution >= 0.6 is 0 Å². The largest absolute Gasteiger partial charge is 0.518 e. The monoisotopic (exact) mass is 395 g/mol. The van der Waals surface area contributed by atoms with Gasteiger partial charge in [0.2, 0.25) is 0 Å². The van der Waals surface area contributed by atoms with Crippen molar-refractivity contribution < 1.29 is 9.31 Å². The van der Waals surface area contributed by atoms with Gasteiger partial charge < -0.3 is 24.8 Å². The van der Waals surface area contributed by atoms with Crippen LogP contribution in [0.5, 0.6) is 0 Å². The van der Waals surface area contributed by atoms with Crippen LogP contribution < -0.4 is 16.2 Å². The summed E-state index contributed by atoms with van der Waals surface area (Å²) in [4.78, 5) is 13.9. The summed E-state index contributed by atoms with van der Waals surface area (Å²) >= 11 is 0. The molecule has 0 spiro atoms.